The highest BCUT2D eigenvalue weighted by molar-refractivity contribution is 9.10. The predicted molar refractivity (Wildman–Crippen MR) is 79.1 cm³/mol. The Hall–Kier alpha value is -1.62. The van der Waals surface area contributed by atoms with Crippen LogP contribution in [0.15, 0.2) is 40.9 Å². The Balaban J connectivity index is 2.11. The molecule has 0 fully saturated rings. The molecule has 0 saturated carbocycles. The number of benzene rings is 1. The number of carbonyl (C=O) groups excluding carboxylic acids is 1. The van der Waals surface area contributed by atoms with Gasteiger partial charge in [0.15, 0.2) is 0 Å². The molecule has 1 amide bonds. The summed E-state index contributed by atoms with van der Waals surface area (Å²) in [7, 11) is 0. The van der Waals surface area contributed by atoms with Crippen LogP contribution < -0.4 is 5.32 Å². The standard InChI is InChI=1S/C15H16BrNO3/c16-12-7-3-6-11(8-12)13(9-14(18)19)17-15(20)10-4-1-2-5-10/h1-3,6-8,10,13H,4-5,9H2,(H,17,20)(H,18,19). The van der Waals surface area contributed by atoms with Crippen molar-refractivity contribution in [3.8, 4) is 0 Å². The summed E-state index contributed by atoms with van der Waals surface area (Å²) in [5.41, 5.74) is 0.793. The molecule has 1 aliphatic rings. The summed E-state index contributed by atoms with van der Waals surface area (Å²) in [5, 5.41) is 11.9. The molecule has 1 unspecified atom stereocenters. The fourth-order valence-electron chi connectivity index (χ4n) is 2.27. The van der Waals surface area contributed by atoms with E-state index in [0.717, 1.165) is 22.9 Å². The zero-order valence-corrected chi connectivity index (χ0v) is 12.5. The third-order valence-electron chi connectivity index (χ3n) is 3.32. The first-order valence-electron chi connectivity index (χ1n) is 6.49. The number of halogens is 1. The van der Waals surface area contributed by atoms with E-state index in [1.807, 2.05) is 36.4 Å². The van der Waals surface area contributed by atoms with Crippen LogP contribution in [0, 0.1) is 5.92 Å². The lowest BCUT2D eigenvalue weighted by Crippen LogP contribution is -2.34. The van der Waals surface area contributed by atoms with Gasteiger partial charge >= 0.3 is 5.97 Å². The van der Waals surface area contributed by atoms with Gasteiger partial charge in [-0.2, -0.15) is 0 Å². The van der Waals surface area contributed by atoms with Gasteiger partial charge in [-0.3, -0.25) is 9.59 Å². The van der Waals surface area contributed by atoms with Crippen molar-refractivity contribution in [2.45, 2.75) is 25.3 Å². The maximum atomic E-state index is 12.1. The van der Waals surface area contributed by atoms with Crippen LogP contribution in [-0.4, -0.2) is 17.0 Å². The quantitative estimate of drug-likeness (QED) is 0.811. The van der Waals surface area contributed by atoms with Gasteiger partial charge in [0.05, 0.1) is 12.5 Å². The molecule has 0 radical (unpaired) electrons. The number of allylic oxidation sites excluding steroid dienone is 2. The minimum Gasteiger partial charge on any atom is -0.481 e. The third-order valence-corrected chi connectivity index (χ3v) is 3.82. The molecule has 1 aliphatic carbocycles. The van der Waals surface area contributed by atoms with Crippen molar-refractivity contribution >= 4 is 27.8 Å². The number of aliphatic carboxylic acids is 1. The Morgan fingerprint density at radius 2 is 2.05 bits per heavy atom. The number of rotatable bonds is 5. The molecule has 0 saturated heterocycles. The lowest BCUT2D eigenvalue weighted by atomic mass is 10.0. The first-order valence-corrected chi connectivity index (χ1v) is 7.28. The van der Waals surface area contributed by atoms with Crippen molar-refractivity contribution < 1.29 is 14.7 Å². The highest BCUT2D eigenvalue weighted by Crippen LogP contribution is 2.24. The zero-order chi connectivity index (χ0) is 14.5. The summed E-state index contributed by atoms with van der Waals surface area (Å²) in [6, 6.07) is 6.85. The highest BCUT2D eigenvalue weighted by Gasteiger charge is 2.24. The fourth-order valence-corrected chi connectivity index (χ4v) is 2.69. The van der Waals surface area contributed by atoms with Gasteiger partial charge in [0.25, 0.3) is 0 Å². The molecule has 4 nitrogen and oxygen atoms in total. The van der Waals surface area contributed by atoms with Gasteiger partial charge in [0.1, 0.15) is 0 Å². The Kier molecular flexibility index (Phi) is 4.95. The van der Waals surface area contributed by atoms with Crippen molar-refractivity contribution in [1.29, 1.82) is 0 Å². The third kappa shape index (κ3) is 3.93. The van der Waals surface area contributed by atoms with Crippen LogP contribution in [-0.2, 0) is 9.59 Å². The van der Waals surface area contributed by atoms with Gasteiger partial charge in [-0.15, -0.1) is 0 Å². The Morgan fingerprint density at radius 1 is 1.35 bits per heavy atom. The number of amides is 1. The molecule has 1 aromatic carbocycles. The molecule has 2 N–H and O–H groups in total. The van der Waals surface area contributed by atoms with E-state index in [4.69, 9.17) is 5.11 Å². The normalized spacial score (nSPS) is 16.1. The van der Waals surface area contributed by atoms with Gasteiger partial charge in [-0.25, -0.2) is 0 Å². The molecule has 5 heteroatoms. The largest absolute Gasteiger partial charge is 0.481 e. The maximum Gasteiger partial charge on any atom is 0.305 e. The summed E-state index contributed by atoms with van der Waals surface area (Å²) in [4.78, 5) is 23.1. The number of nitrogens with one attached hydrogen (secondary N) is 1. The molecule has 0 heterocycles. The molecule has 0 aliphatic heterocycles. The van der Waals surface area contributed by atoms with Crippen LogP contribution in [0.1, 0.15) is 30.9 Å². The van der Waals surface area contributed by atoms with Gasteiger partial charge in [0, 0.05) is 10.4 Å². The first-order chi connectivity index (χ1) is 9.56. The first kappa shape index (κ1) is 14.8. The van der Waals surface area contributed by atoms with Crippen LogP contribution in [0.4, 0.5) is 0 Å². The predicted octanol–water partition coefficient (Wildman–Crippen LogP) is 3.05. The maximum absolute atomic E-state index is 12.1. The summed E-state index contributed by atoms with van der Waals surface area (Å²) in [6.45, 7) is 0. The van der Waals surface area contributed by atoms with E-state index in [9.17, 15) is 9.59 Å². The Morgan fingerprint density at radius 3 is 2.65 bits per heavy atom. The summed E-state index contributed by atoms with van der Waals surface area (Å²) >= 11 is 3.36. The monoisotopic (exact) mass is 337 g/mol. The molecule has 106 valence electrons. The van der Waals surface area contributed by atoms with Crippen LogP contribution >= 0.6 is 15.9 Å². The van der Waals surface area contributed by atoms with Crippen molar-refractivity contribution in [2.24, 2.45) is 5.92 Å². The van der Waals surface area contributed by atoms with E-state index >= 15 is 0 Å². The minimum absolute atomic E-state index is 0.0709. The van der Waals surface area contributed by atoms with Crippen molar-refractivity contribution in [2.75, 3.05) is 0 Å². The lowest BCUT2D eigenvalue weighted by Gasteiger charge is -2.20. The molecule has 0 bridgehead atoms. The van der Waals surface area contributed by atoms with E-state index in [2.05, 4.69) is 21.2 Å². The molecular formula is C15H16BrNO3. The van der Waals surface area contributed by atoms with Gasteiger partial charge < -0.3 is 10.4 Å². The Labute approximate surface area is 126 Å². The molecule has 2 rings (SSSR count). The van der Waals surface area contributed by atoms with Gasteiger partial charge in [0.2, 0.25) is 5.91 Å². The number of carbonyl (C=O) groups is 2. The van der Waals surface area contributed by atoms with Crippen LogP contribution in [0.5, 0.6) is 0 Å². The number of hydrogen-bond donors (Lipinski definition) is 2. The molecule has 0 aromatic heterocycles. The van der Waals surface area contributed by atoms with E-state index in [1.165, 1.54) is 0 Å². The fraction of sp³-hybridized carbons (Fsp3) is 0.333. The van der Waals surface area contributed by atoms with Crippen LogP contribution in [0.25, 0.3) is 0 Å². The van der Waals surface area contributed by atoms with Crippen molar-refractivity contribution in [3.05, 3.63) is 46.5 Å². The van der Waals surface area contributed by atoms with Crippen LogP contribution in [0.3, 0.4) is 0 Å². The molecular weight excluding hydrogens is 322 g/mol. The second kappa shape index (κ2) is 6.70. The molecule has 0 spiro atoms. The van der Waals surface area contributed by atoms with Crippen molar-refractivity contribution in [1.82, 2.24) is 5.32 Å². The van der Waals surface area contributed by atoms with Crippen molar-refractivity contribution in [3.63, 3.8) is 0 Å². The lowest BCUT2D eigenvalue weighted by molar-refractivity contribution is -0.137. The highest BCUT2D eigenvalue weighted by atomic mass is 79.9. The second-order valence-electron chi connectivity index (χ2n) is 4.85. The van der Waals surface area contributed by atoms with E-state index in [1.54, 1.807) is 0 Å². The topological polar surface area (TPSA) is 66.4 Å². The van der Waals surface area contributed by atoms with Gasteiger partial charge in [-0.1, -0.05) is 40.2 Å². The number of carboxylic acid groups (broad SMARTS) is 1. The molecule has 1 atom stereocenters. The van der Waals surface area contributed by atoms with Crippen LogP contribution in [0.2, 0.25) is 0 Å². The number of carboxylic acids is 1. The smallest absolute Gasteiger partial charge is 0.305 e. The zero-order valence-electron chi connectivity index (χ0n) is 10.9. The Bertz CT molecular complexity index is 534. The van der Waals surface area contributed by atoms with Gasteiger partial charge in [-0.05, 0) is 30.5 Å². The van der Waals surface area contributed by atoms with E-state index in [0.29, 0.717) is 0 Å². The summed E-state index contributed by atoms with van der Waals surface area (Å²) in [6.07, 6.45) is 5.29. The SMILES string of the molecule is O=C(O)CC(NC(=O)C1CC=CC1)c1cccc(Br)c1. The molecule has 1 aromatic rings. The molecule has 20 heavy (non-hydrogen) atoms. The van der Waals surface area contributed by atoms with E-state index in [-0.39, 0.29) is 18.2 Å². The second-order valence-corrected chi connectivity index (χ2v) is 5.77. The average Bonchev–Trinajstić information content (AvgIpc) is 2.91. The number of hydrogen-bond acceptors (Lipinski definition) is 2. The average molecular weight is 338 g/mol. The van der Waals surface area contributed by atoms with E-state index < -0.39 is 12.0 Å². The summed E-state index contributed by atoms with van der Waals surface area (Å²) < 4.78 is 0.863. The summed E-state index contributed by atoms with van der Waals surface area (Å²) in [5.74, 6) is -1.08. The minimum atomic E-state index is -0.931.